The van der Waals surface area contributed by atoms with Crippen molar-refractivity contribution in [1.29, 1.82) is 0 Å². The summed E-state index contributed by atoms with van der Waals surface area (Å²) in [7, 11) is 0. The highest BCUT2D eigenvalue weighted by atomic mass is 35.5. The molecule has 4 rings (SSSR count). The molecule has 1 amide bonds. The van der Waals surface area contributed by atoms with E-state index in [1.54, 1.807) is 0 Å². The van der Waals surface area contributed by atoms with Crippen molar-refractivity contribution in [3.63, 3.8) is 0 Å². The van der Waals surface area contributed by atoms with Gasteiger partial charge in [0.15, 0.2) is 0 Å². The zero-order valence-electron chi connectivity index (χ0n) is 10.9. The number of anilines is 1. The molecule has 1 aromatic heterocycles. The highest BCUT2D eigenvalue weighted by Crippen LogP contribution is 2.40. The fourth-order valence-electron chi connectivity index (χ4n) is 3.05. The third kappa shape index (κ3) is 1.97. The van der Waals surface area contributed by atoms with Crippen LogP contribution in [0.25, 0.3) is 0 Å². The Labute approximate surface area is 126 Å². The minimum Gasteiger partial charge on any atom is -0.326 e. The summed E-state index contributed by atoms with van der Waals surface area (Å²) in [6.07, 6.45) is 4.14. The van der Waals surface area contributed by atoms with Gasteiger partial charge in [-0.15, -0.1) is 22.9 Å². The number of halogens is 1. The number of nitrogens with one attached hydrogen (secondary N) is 1. The summed E-state index contributed by atoms with van der Waals surface area (Å²) in [5.74, 6) is 0.0679. The number of hydrogen-bond donors (Lipinski definition) is 1. The van der Waals surface area contributed by atoms with Gasteiger partial charge < -0.3 is 5.32 Å². The zero-order chi connectivity index (χ0) is 13.7. The van der Waals surface area contributed by atoms with Crippen LogP contribution >= 0.6 is 22.9 Å². The van der Waals surface area contributed by atoms with E-state index in [9.17, 15) is 4.79 Å². The fraction of sp³-hybridized carbons (Fsp3) is 0.312. The minimum atomic E-state index is -0.105. The molecule has 0 spiro atoms. The molecule has 0 saturated heterocycles. The van der Waals surface area contributed by atoms with Crippen LogP contribution in [0.15, 0.2) is 24.3 Å². The number of thiophene rings is 1. The zero-order valence-corrected chi connectivity index (χ0v) is 12.5. The van der Waals surface area contributed by atoms with Crippen LogP contribution in [-0.2, 0) is 24.1 Å². The number of carbonyl (C=O) groups is 1. The van der Waals surface area contributed by atoms with Crippen LogP contribution in [0, 0.1) is 0 Å². The van der Waals surface area contributed by atoms with Gasteiger partial charge in [0.1, 0.15) is 0 Å². The molecule has 1 N–H and O–H groups in total. The molecule has 0 fully saturated rings. The first kappa shape index (κ1) is 12.4. The van der Waals surface area contributed by atoms with E-state index < -0.39 is 0 Å². The molecule has 1 aliphatic heterocycles. The standard InChI is InChI=1S/C16H14ClNOS/c17-16(14-7-9-2-1-3-13(9)20-14)10-4-5-12-11(6-10)8-15(19)18-12/h4-7,16H,1-3,8H2,(H,18,19). The third-order valence-corrected chi connectivity index (χ3v) is 5.98. The van der Waals surface area contributed by atoms with Crippen LogP contribution in [-0.4, -0.2) is 5.91 Å². The molecule has 1 unspecified atom stereocenters. The summed E-state index contributed by atoms with van der Waals surface area (Å²) in [6.45, 7) is 0. The van der Waals surface area contributed by atoms with E-state index in [-0.39, 0.29) is 11.3 Å². The smallest absolute Gasteiger partial charge is 0.228 e. The Kier molecular flexibility index (Phi) is 2.86. The summed E-state index contributed by atoms with van der Waals surface area (Å²) < 4.78 is 0. The molecule has 0 radical (unpaired) electrons. The Balaban J connectivity index is 1.66. The maximum absolute atomic E-state index is 11.4. The van der Waals surface area contributed by atoms with E-state index in [1.165, 1.54) is 34.6 Å². The van der Waals surface area contributed by atoms with Crippen molar-refractivity contribution in [3.8, 4) is 0 Å². The van der Waals surface area contributed by atoms with Gasteiger partial charge in [-0.2, -0.15) is 0 Å². The quantitative estimate of drug-likeness (QED) is 0.833. The van der Waals surface area contributed by atoms with Gasteiger partial charge in [-0.3, -0.25) is 4.79 Å². The molecule has 0 bridgehead atoms. The van der Waals surface area contributed by atoms with Gasteiger partial charge >= 0.3 is 0 Å². The molecule has 1 aliphatic carbocycles. The molecule has 2 aliphatic rings. The lowest BCUT2D eigenvalue weighted by atomic mass is 10.0. The van der Waals surface area contributed by atoms with Gasteiger partial charge in [0.25, 0.3) is 0 Å². The number of aryl methyl sites for hydroxylation is 2. The lowest BCUT2D eigenvalue weighted by Crippen LogP contribution is -2.03. The number of hydrogen-bond acceptors (Lipinski definition) is 2. The number of benzene rings is 1. The van der Waals surface area contributed by atoms with E-state index in [4.69, 9.17) is 11.6 Å². The molecular weight excluding hydrogens is 290 g/mol. The summed E-state index contributed by atoms with van der Waals surface area (Å²) in [4.78, 5) is 14.1. The molecule has 1 aromatic carbocycles. The van der Waals surface area contributed by atoms with Crippen molar-refractivity contribution in [3.05, 3.63) is 50.7 Å². The average Bonchev–Trinajstić information content (AvgIpc) is 3.08. The lowest BCUT2D eigenvalue weighted by molar-refractivity contribution is -0.115. The van der Waals surface area contributed by atoms with E-state index in [0.29, 0.717) is 6.42 Å². The maximum atomic E-state index is 11.4. The van der Waals surface area contributed by atoms with Gasteiger partial charge in [0.2, 0.25) is 5.91 Å². The molecule has 0 saturated carbocycles. The number of carbonyl (C=O) groups excluding carboxylic acids is 1. The van der Waals surface area contributed by atoms with E-state index in [0.717, 1.165) is 16.8 Å². The molecule has 20 heavy (non-hydrogen) atoms. The number of alkyl halides is 1. The number of amides is 1. The van der Waals surface area contributed by atoms with Crippen molar-refractivity contribution < 1.29 is 4.79 Å². The molecule has 2 nitrogen and oxygen atoms in total. The second-order valence-corrected chi connectivity index (χ2v) is 7.06. The molecule has 102 valence electrons. The second kappa shape index (κ2) is 4.61. The Morgan fingerprint density at radius 3 is 2.95 bits per heavy atom. The first-order valence-electron chi connectivity index (χ1n) is 6.89. The van der Waals surface area contributed by atoms with Crippen LogP contribution < -0.4 is 5.32 Å². The minimum absolute atomic E-state index is 0.0679. The van der Waals surface area contributed by atoms with Crippen LogP contribution in [0.1, 0.15) is 38.2 Å². The third-order valence-electron chi connectivity index (χ3n) is 4.06. The number of rotatable bonds is 2. The van der Waals surface area contributed by atoms with Crippen LogP contribution in [0.2, 0.25) is 0 Å². The monoisotopic (exact) mass is 303 g/mol. The summed E-state index contributed by atoms with van der Waals surface area (Å²) in [5.41, 5.74) is 4.55. The van der Waals surface area contributed by atoms with Crippen molar-refractivity contribution in [2.45, 2.75) is 31.1 Å². The van der Waals surface area contributed by atoms with Crippen molar-refractivity contribution in [2.75, 3.05) is 5.32 Å². The highest BCUT2D eigenvalue weighted by Gasteiger charge is 2.23. The van der Waals surface area contributed by atoms with E-state index in [2.05, 4.69) is 17.4 Å². The second-order valence-electron chi connectivity index (χ2n) is 5.45. The first-order chi connectivity index (χ1) is 9.70. The van der Waals surface area contributed by atoms with Crippen molar-refractivity contribution in [1.82, 2.24) is 0 Å². The van der Waals surface area contributed by atoms with Crippen molar-refractivity contribution in [2.24, 2.45) is 0 Å². The Morgan fingerprint density at radius 1 is 1.20 bits per heavy atom. The number of fused-ring (bicyclic) bond motifs is 2. The largest absolute Gasteiger partial charge is 0.326 e. The summed E-state index contributed by atoms with van der Waals surface area (Å²) in [5, 5.41) is 2.75. The van der Waals surface area contributed by atoms with Crippen LogP contribution in [0.3, 0.4) is 0 Å². The van der Waals surface area contributed by atoms with Crippen LogP contribution in [0.4, 0.5) is 5.69 Å². The lowest BCUT2D eigenvalue weighted by Gasteiger charge is -2.09. The predicted molar refractivity (Wildman–Crippen MR) is 82.8 cm³/mol. The maximum Gasteiger partial charge on any atom is 0.228 e. The molecule has 4 heteroatoms. The van der Waals surface area contributed by atoms with Gasteiger partial charge in [-0.05, 0) is 48.1 Å². The molecule has 1 atom stereocenters. The normalized spacial score (nSPS) is 17.8. The topological polar surface area (TPSA) is 29.1 Å². The molecule has 2 aromatic rings. The fourth-order valence-corrected chi connectivity index (χ4v) is 4.64. The van der Waals surface area contributed by atoms with Crippen LogP contribution in [0.5, 0.6) is 0 Å². The average molecular weight is 304 g/mol. The Bertz CT molecular complexity index is 685. The Morgan fingerprint density at radius 2 is 2.10 bits per heavy atom. The van der Waals surface area contributed by atoms with E-state index in [1.807, 2.05) is 23.5 Å². The van der Waals surface area contributed by atoms with Gasteiger partial charge in [-0.25, -0.2) is 0 Å². The van der Waals surface area contributed by atoms with Gasteiger partial charge in [0.05, 0.1) is 11.8 Å². The molecular formula is C16H14ClNOS. The van der Waals surface area contributed by atoms with Crippen molar-refractivity contribution >= 4 is 34.5 Å². The van der Waals surface area contributed by atoms with E-state index >= 15 is 0 Å². The van der Waals surface area contributed by atoms with Gasteiger partial charge in [0, 0.05) is 15.4 Å². The highest BCUT2D eigenvalue weighted by molar-refractivity contribution is 7.12. The van der Waals surface area contributed by atoms with Gasteiger partial charge in [-0.1, -0.05) is 12.1 Å². The summed E-state index contributed by atoms with van der Waals surface area (Å²) in [6, 6.07) is 8.32. The Hall–Kier alpha value is -1.32. The predicted octanol–water partition coefficient (Wildman–Crippen LogP) is 4.06. The first-order valence-corrected chi connectivity index (χ1v) is 8.14. The molecule has 2 heterocycles. The summed E-state index contributed by atoms with van der Waals surface area (Å²) >= 11 is 8.49. The SMILES string of the molecule is O=C1Cc2cc(C(Cl)c3cc4c(s3)CCC4)ccc2N1.